The first-order valence-corrected chi connectivity index (χ1v) is 7.36. The predicted octanol–water partition coefficient (Wildman–Crippen LogP) is 2.86. The molecule has 0 aliphatic carbocycles. The van der Waals surface area contributed by atoms with Gasteiger partial charge < -0.3 is 10.6 Å². The molecule has 0 saturated carbocycles. The highest BCUT2D eigenvalue weighted by molar-refractivity contribution is 5.81. The van der Waals surface area contributed by atoms with Crippen LogP contribution in [0.4, 0.5) is 0 Å². The van der Waals surface area contributed by atoms with Crippen molar-refractivity contribution in [3.05, 3.63) is 34.4 Å². The first-order chi connectivity index (χ1) is 9.35. The molecule has 0 bridgehead atoms. The molecule has 0 aliphatic rings. The first kappa shape index (κ1) is 16.7. The van der Waals surface area contributed by atoms with E-state index in [1.54, 1.807) is 7.05 Å². The molecule has 0 saturated heterocycles. The van der Waals surface area contributed by atoms with Gasteiger partial charge in [-0.2, -0.15) is 0 Å². The minimum absolute atomic E-state index is 0.0696. The average molecular weight is 276 g/mol. The molecule has 20 heavy (non-hydrogen) atoms. The molecule has 1 rings (SSSR count). The number of benzene rings is 1. The van der Waals surface area contributed by atoms with E-state index < -0.39 is 0 Å². The molecular formula is C17H28N2O. The molecular weight excluding hydrogens is 248 g/mol. The Bertz CT molecular complexity index is 466. The molecule has 3 heteroatoms. The molecule has 112 valence electrons. The average Bonchev–Trinajstić information content (AvgIpc) is 2.38. The van der Waals surface area contributed by atoms with Crippen LogP contribution < -0.4 is 10.6 Å². The van der Waals surface area contributed by atoms with E-state index in [1.807, 2.05) is 0 Å². The molecule has 1 atom stereocenters. The van der Waals surface area contributed by atoms with E-state index in [1.165, 1.54) is 22.3 Å². The molecule has 0 fully saturated rings. The van der Waals surface area contributed by atoms with Crippen molar-refractivity contribution in [2.24, 2.45) is 5.92 Å². The van der Waals surface area contributed by atoms with Crippen molar-refractivity contribution < 1.29 is 4.79 Å². The summed E-state index contributed by atoms with van der Waals surface area (Å²) in [6.07, 6.45) is 0.851. The molecule has 2 N–H and O–H groups in total. The second kappa shape index (κ2) is 7.44. The number of likely N-dealkylation sites (N-methyl/N-ethyl adjacent to an activating group) is 1. The summed E-state index contributed by atoms with van der Waals surface area (Å²) in [5.41, 5.74) is 5.16. The Morgan fingerprint density at radius 3 is 2.25 bits per heavy atom. The molecule has 3 nitrogen and oxygen atoms in total. The summed E-state index contributed by atoms with van der Waals surface area (Å²) < 4.78 is 0. The van der Waals surface area contributed by atoms with E-state index in [0.29, 0.717) is 5.92 Å². The monoisotopic (exact) mass is 276 g/mol. The van der Waals surface area contributed by atoms with Crippen molar-refractivity contribution in [3.8, 4) is 0 Å². The van der Waals surface area contributed by atoms with E-state index in [9.17, 15) is 4.79 Å². The number of nitrogens with one attached hydrogen (secondary N) is 2. The Balaban J connectivity index is 2.77. The lowest BCUT2D eigenvalue weighted by Crippen LogP contribution is -2.43. The zero-order valence-electron chi connectivity index (χ0n) is 13.6. The van der Waals surface area contributed by atoms with E-state index in [-0.39, 0.29) is 11.9 Å². The third kappa shape index (κ3) is 4.64. The highest BCUT2D eigenvalue weighted by Crippen LogP contribution is 2.16. The number of carbonyl (C=O) groups is 1. The van der Waals surface area contributed by atoms with Crippen LogP contribution in [0.2, 0.25) is 0 Å². The Hall–Kier alpha value is -1.35. The minimum atomic E-state index is -0.124. The third-order valence-corrected chi connectivity index (χ3v) is 3.76. The largest absolute Gasteiger partial charge is 0.358 e. The van der Waals surface area contributed by atoms with Crippen molar-refractivity contribution in [3.63, 3.8) is 0 Å². The standard InChI is InChI=1S/C17H28N2O/c1-11(2)7-16(17(20)18-6)19-10-15-9-13(4)12(3)8-14(15)5/h8-9,11,16,19H,7,10H2,1-6H3,(H,18,20). The zero-order valence-corrected chi connectivity index (χ0v) is 13.6. The van der Waals surface area contributed by atoms with Gasteiger partial charge in [0.25, 0.3) is 0 Å². The van der Waals surface area contributed by atoms with Crippen LogP contribution in [0.3, 0.4) is 0 Å². The van der Waals surface area contributed by atoms with E-state index >= 15 is 0 Å². The molecule has 0 heterocycles. The first-order valence-electron chi connectivity index (χ1n) is 7.36. The second-order valence-corrected chi connectivity index (χ2v) is 6.04. The number of hydrogen-bond acceptors (Lipinski definition) is 2. The van der Waals surface area contributed by atoms with Crippen molar-refractivity contribution in [1.82, 2.24) is 10.6 Å². The van der Waals surface area contributed by atoms with E-state index in [0.717, 1.165) is 13.0 Å². The highest BCUT2D eigenvalue weighted by atomic mass is 16.2. The van der Waals surface area contributed by atoms with Gasteiger partial charge in [-0.3, -0.25) is 4.79 Å². The lowest BCUT2D eigenvalue weighted by atomic mass is 9.99. The Morgan fingerprint density at radius 2 is 1.70 bits per heavy atom. The summed E-state index contributed by atoms with van der Waals surface area (Å²) >= 11 is 0. The van der Waals surface area contributed by atoms with Crippen LogP contribution in [0.25, 0.3) is 0 Å². The van der Waals surface area contributed by atoms with Gasteiger partial charge in [0.2, 0.25) is 5.91 Å². The third-order valence-electron chi connectivity index (χ3n) is 3.76. The number of carbonyl (C=O) groups excluding carboxylic acids is 1. The van der Waals surface area contributed by atoms with Crippen LogP contribution in [0.5, 0.6) is 0 Å². The van der Waals surface area contributed by atoms with E-state index in [2.05, 4.69) is 57.4 Å². The SMILES string of the molecule is CNC(=O)C(CC(C)C)NCc1cc(C)c(C)cc1C. The number of hydrogen-bond donors (Lipinski definition) is 2. The normalized spacial score (nSPS) is 12.6. The van der Waals surface area contributed by atoms with Gasteiger partial charge in [0, 0.05) is 13.6 Å². The molecule has 0 spiro atoms. The fourth-order valence-corrected chi connectivity index (χ4v) is 2.37. The fourth-order valence-electron chi connectivity index (χ4n) is 2.37. The van der Waals surface area contributed by atoms with E-state index in [4.69, 9.17) is 0 Å². The smallest absolute Gasteiger partial charge is 0.236 e. The Morgan fingerprint density at radius 1 is 1.10 bits per heavy atom. The van der Waals surface area contributed by atoms with Gasteiger partial charge in [-0.15, -0.1) is 0 Å². The van der Waals surface area contributed by atoms with Crippen molar-refractivity contribution in [2.75, 3.05) is 7.05 Å². The van der Waals surface area contributed by atoms with Gasteiger partial charge in [-0.05, 0) is 55.4 Å². The molecule has 1 aromatic carbocycles. The molecule has 1 unspecified atom stereocenters. The van der Waals surface area contributed by atoms with Crippen molar-refractivity contribution in [2.45, 2.75) is 53.6 Å². The zero-order chi connectivity index (χ0) is 15.3. The quantitative estimate of drug-likeness (QED) is 0.839. The van der Waals surface area contributed by atoms with Crippen molar-refractivity contribution in [1.29, 1.82) is 0 Å². The number of aryl methyl sites for hydroxylation is 3. The van der Waals surface area contributed by atoms with Gasteiger partial charge in [0.1, 0.15) is 0 Å². The number of amides is 1. The number of rotatable bonds is 6. The van der Waals surface area contributed by atoms with Gasteiger partial charge >= 0.3 is 0 Å². The summed E-state index contributed by atoms with van der Waals surface area (Å²) in [5.74, 6) is 0.561. The van der Waals surface area contributed by atoms with Crippen LogP contribution in [0.1, 0.15) is 42.5 Å². The molecule has 1 amide bonds. The summed E-state index contributed by atoms with van der Waals surface area (Å²) in [7, 11) is 1.69. The Labute approximate surface area is 123 Å². The Kier molecular flexibility index (Phi) is 6.21. The summed E-state index contributed by atoms with van der Waals surface area (Å²) in [5, 5.41) is 6.13. The summed E-state index contributed by atoms with van der Waals surface area (Å²) in [6.45, 7) is 11.4. The molecule has 0 radical (unpaired) electrons. The summed E-state index contributed by atoms with van der Waals surface area (Å²) in [4.78, 5) is 11.9. The maximum absolute atomic E-state index is 11.9. The maximum Gasteiger partial charge on any atom is 0.236 e. The molecule has 0 aromatic heterocycles. The lowest BCUT2D eigenvalue weighted by Gasteiger charge is -2.20. The topological polar surface area (TPSA) is 41.1 Å². The summed E-state index contributed by atoms with van der Waals surface area (Å²) in [6, 6.07) is 4.30. The van der Waals surface area contributed by atoms with Crippen LogP contribution in [-0.4, -0.2) is 19.0 Å². The molecule has 0 aliphatic heterocycles. The minimum Gasteiger partial charge on any atom is -0.358 e. The van der Waals surface area contributed by atoms with Crippen LogP contribution in [-0.2, 0) is 11.3 Å². The lowest BCUT2D eigenvalue weighted by molar-refractivity contribution is -0.123. The van der Waals surface area contributed by atoms with Crippen LogP contribution in [0.15, 0.2) is 12.1 Å². The maximum atomic E-state index is 11.9. The van der Waals surface area contributed by atoms with Crippen LogP contribution >= 0.6 is 0 Å². The highest BCUT2D eigenvalue weighted by Gasteiger charge is 2.18. The molecule has 1 aromatic rings. The van der Waals surface area contributed by atoms with Crippen LogP contribution in [0, 0.1) is 26.7 Å². The van der Waals surface area contributed by atoms with Crippen molar-refractivity contribution >= 4 is 5.91 Å². The predicted molar refractivity (Wildman–Crippen MR) is 84.8 cm³/mol. The van der Waals surface area contributed by atoms with Gasteiger partial charge in [-0.25, -0.2) is 0 Å². The van der Waals surface area contributed by atoms with Gasteiger partial charge in [-0.1, -0.05) is 26.0 Å². The second-order valence-electron chi connectivity index (χ2n) is 6.04. The van der Waals surface area contributed by atoms with Gasteiger partial charge in [0.05, 0.1) is 6.04 Å². The van der Waals surface area contributed by atoms with Gasteiger partial charge in [0.15, 0.2) is 0 Å². The fraction of sp³-hybridized carbons (Fsp3) is 0.588.